The normalized spacial score (nSPS) is 20.3. The number of furan rings is 1. The molecule has 1 aliphatic rings. The minimum absolute atomic E-state index is 0.570. The molecule has 1 saturated heterocycles. The Morgan fingerprint density at radius 2 is 2.29 bits per heavy atom. The molecule has 0 bridgehead atoms. The Morgan fingerprint density at radius 1 is 1.43 bits per heavy atom. The highest BCUT2D eigenvalue weighted by Gasteiger charge is 2.18. The van der Waals surface area contributed by atoms with Crippen molar-refractivity contribution in [3.05, 3.63) is 23.7 Å². The van der Waals surface area contributed by atoms with E-state index in [1.165, 1.54) is 31.4 Å². The van der Waals surface area contributed by atoms with E-state index < -0.39 is 0 Å². The Labute approximate surface area is 128 Å². The van der Waals surface area contributed by atoms with E-state index in [0.29, 0.717) is 18.6 Å². The summed E-state index contributed by atoms with van der Waals surface area (Å²) in [5, 5.41) is 3.42. The van der Waals surface area contributed by atoms with E-state index in [4.69, 9.17) is 9.15 Å². The van der Waals surface area contributed by atoms with Gasteiger partial charge in [-0.05, 0) is 45.0 Å². The van der Waals surface area contributed by atoms with Gasteiger partial charge >= 0.3 is 0 Å². The number of rotatable bonds is 8. The summed E-state index contributed by atoms with van der Waals surface area (Å²) in [5.74, 6) is 1.60. The van der Waals surface area contributed by atoms with Gasteiger partial charge in [-0.3, -0.25) is 0 Å². The summed E-state index contributed by atoms with van der Waals surface area (Å²) in [6, 6.07) is 2.67. The van der Waals surface area contributed by atoms with Crippen LogP contribution in [0.4, 0.5) is 0 Å². The van der Waals surface area contributed by atoms with Crippen LogP contribution >= 0.6 is 0 Å². The van der Waals surface area contributed by atoms with Gasteiger partial charge in [0.1, 0.15) is 12.4 Å². The summed E-state index contributed by atoms with van der Waals surface area (Å²) in [7, 11) is 2.19. The van der Waals surface area contributed by atoms with Gasteiger partial charge in [-0.2, -0.15) is 0 Å². The molecule has 0 radical (unpaired) electrons. The molecule has 1 unspecified atom stereocenters. The van der Waals surface area contributed by atoms with Crippen molar-refractivity contribution >= 4 is 0 Å². The summed E-state index contributed by atoms with van der Waals surface area (Å²) >= 11 is 0. The zero-order chi connectivity index (χ0) is 15.1. The molecule has 4 nitrogen and oxygen atoms in total. The van der Waals surface area contributed by atoms with Crippen LogP contribution < -0.4 is 5.32 Å². The van der Waals surface area contributed by atoms with E-state index >= 15 is 0 Å². The van der Waals surface area contributed by atoms with Crippen molar-refractivity contribution in [2.75, 3.05) is 26.7 Å². The fourth-order valence-electron chi connectivity index (χ4n) is 2.75. The van der Waals surface area contributed by atoms with E-state index in [1.54, 1.807) is 0 Å². The average Bonchev–Trinajstić information content (AvgIpc) is 2.88. The highest BCUT2D eigenvalue weighted by atomic mass is 16.5. The second-order valence-corrected chi connectivity index (χ2v) is 6.59. The number of hydrogen-bond acceptors (Lipinski definition) is 4. The number of likely N-dealkylation sites (N-methyl/N-ethyl adjacent to an activating group) is 1. The van der Waals surface area contributed by atoms with Crippen LogP contribution in [0.2, 0.25) is 0 Å². The van der Waals surface area contributed by atoms with Crippen LogP contribution in [0.1, 0.15) is 44.4 Å². The van der Waals surface area contributed by atoms with Crippen molar-refractivity contribution in [1.29, 1.82) is 0 Å². The van der Waals surface area contributed by atoms with Gasteiger partial charge in [0, 0.05) is 18.2 Å². The Bertz CT molecular complexity index is 403. The van der Waals surface area contributed by atoms with E-state index in [2.05, 4.69) is 37.2 Å². The molecule has 0 aliphatic carbocycles. The molecule has 1 aliphatic heterocycles. The maximum atomic E-state index is 5.83. The van der Waals surface area contributed by atoms with Gasteiger partial charge in [0.25, 0.3) is 0 Å². The summed E-state index contributed by atoms with van der Waals surface area (Å²) < 4.78 is 11.4. The predicted octanol–water partition coefficient (Wildman–Crippen LogP) is 3.03. The lowest BCUT2D eigenvalue weighted by Gasteiger charge is -2.32. The van der Waals surface area contributed by atoms with Crippen LogP contribution in [-0.4, -0.2) is 37.7 Å². The summed E-state index contributed by atoms with van der Waals surface area (Å²) in [4.78, 5) is 2.41. The summed E-state index contributed by atoms with van der Waals surface area (Å²) in [6.07, 6.45) is 5.72. The summed E-state index contributed by atoms with van der Waals surface area (Å²) in [6.45, 7) is 8.90. The van der Waals surface area contributed by atoms with Crippen LogP contribution in [0.25, 0.3) is 0 Å². The molecular weight excluding hydrogens is 264 g/mol. The minimum Gasteiger partial charge on any atom is -0.467 e. The first kappa shape index (κ1) is 16.5. The highest BCUT2D eigenvalue weighted by molar-refractivity contribution is 5.12. The molecular formula is C17H30N2O2. The number of nitrogens with zero attached hydrogens (tertiary/aromatic N) is 1. The van der Waals surface area contributed by atoms with Gasteiger partial charge in [0.15, 0.2) is 0 Å². The van der Waals surface area contributed by atoms with Crippen molar-refractivity contribution in [2.45, 2.75) is 52.3 Å². The third kappa shape index (κ3) is 5.81. The molecule has 1 fully saturated rings. The number of hydrogen-bond donors (Lipinski definition) is 1. The van der Waals surface area contributed by atoms with E-state index in [1.807, 2.05) is 6.26 Å². The van der Waals surface area contributed by atoms with Crippen LogP contribution in [0.15, 0.2) is 16.7 Å². The van der Waals surface area contributed by atoms with Crippen molar-refractivity contribution in [3.8, 4) is 0 Å². The largest absolute Gasteiger partial charge is 0.467 e. The third-order valence-corrected chi connectivity index (χ3v) is 4.07. The molecule has 0 spiro atoms. The standard InChI is InChI=1S/C17H30N2O2/c1-14(2)9-18-10-15-8-17(21-11-15)13-20-12-16-6-4-5-7-19(16)3/h8,11,14,16,18H,4-7,9-10,12-13H2,1-3H3. The maximum Gasteiger partial charge on any atom is 0.129 e. The van der Waals surface area contributed by atoms with Gasteiger partial charge in [0.2, 0.25) is 0 Å². The maximum absolute atomic E-state index is 5.83. The van der Waals surface area contributed by atoms with Gasteiger partial charge in [-0.15, -0.1) is 0 Å². The molecule has 1 atom stereocenters. The Balaban J connectivity index is 1.65. The van der Waals surface area contributed by atoms with Crippen molar-refractivity contribution in [3.63, 3.8) is 0 Å². The van der Waals surface area contributed by atoms with Crippen LogP contribution in [0.3, 0.4) is 0 Å². The van der Waals surface area contributed by atoms with Gasteiger partial charge in [-0.25, -0.2) is 0 Å². The zero-order valence-electron chi connectivity index (χ0n) is 13.7. The lowest BCUT2D eigenvalue weighted by atomic mass is 10.0. The quantitative estimate of drug-likeness (QED) is 0.800. The van der Waals surface area contributed by atoms with Crippen LogP contribution in [0, 0.1) is 5.92 Å². The fourth-order valence-corrected chi connectivity index (χ4v) is 2.75. The van der Waals surface area contributed by atoms with E-state index in [9.17, 15) is 0 Å². The van der Waals surface area contributed by atoms with Crippen molar-refractivity contribution < 1.29 is 9.15 Å². The number of likely N-dealkylation sites (tertiary alicyclic amines) is 1. The fraction of sp³-hybridized carbons (Fsp3) is 0.765. The second-order valence-electron chi connectivity index (χ2n) is 6.59. The Morgan fingerprint density at radius 3 is 3.05 bits per heavy atom. The number of nitrogens with one attached hydrogen (secondary N) is 1. The number of ether oxygens (including phenoxy) is 1. The lowest BCUT2D eigenvalue weighted by Crippen LogP contribution is -2.39. The van der Waals surface area contributed by atoms with Crippen LogP contribution in [-0.2, 0) is 17.9 Å². The summed E-state index contributed by atoms with van der Waals surface area (Å²) in [5.41, 5.74) is 1.20. The molecule has 1 aromatic heterocycles. The van der Waals surface area contributed by atoms with E-state index in [-0.39, 0.29) is 0 Å². The lowest BCUT2D eigenvalue weighted by molar-refractivity contribution is 0.0374. The second kappa shape index (κ2) is 8.57. The molecule has 120 valence electrons. The first-order valence-electron chi connectivity index (χ1n) is 8.20. The average molecular weight is 294 g/mol. The smallest absolute Gasteiger partial charge is 0.129 e. The molecule has 0 saturated carbocycles. The Kier molecular flexibility index (Phi) is 6.74. The molecule has 1 aromatic rings. The molecule has 2 rings (SSSR count). The molecule has 0 aromatic carbocycles. The first-order valence-corrected chi connectivity index (χ1v) is 8.20. The molecule has 21 heavy (non-hydrogen) atoms. The van der Waals surface area contributed by atoms with Gasteiger partial charge < -0.3 is 19.4 Å². The molecule has 2 heterocycles. The monoisotopic (exact) mass is 294 g/mol. The molecule has 1 N–H and O–H groups in total. The first-order chi connectivity index (χ1) is 10.1. The highest BCUT2D eigenvalue weighted by Crippen LogP contribution is 2.16. The third-order valence-electron chi connectivity index (χ3n) is 4.07. The predicted molar refractivity (Wildman–Crippen MR) is 85.2 cm³/mol. The van der Waals surface area contributed by atoms with Crippen molar-refractivity contribution in [2.24, 2.45) is 5.92 Å². The molecule has 4 heteroatoms. The SMILES string of the molecule is CC(C)CNCc1coc(COCC2CCCCN2C)c1. The number of piperidine rings is 1. The topological polar surface area (TPSA) is 37.6 Å². The zero-order valence-corrected chi connectivity index (χ0v) is 13.7. The minimum atomic E-state index is 0.570. The van der Waals surface area contributed by atoms with Gasteiger partial charge in [0.05, 0.1) is 12.9 Å². The Hall–Kier alpha value is -0.840. The van der Waals surface area contributed by atoms with E-state index in [0.717, 1.165) is 25.5 Å². The molecule has 0 amide bonds. The van der Waals surface area contributed by atoms with Crippen LogP contribution in [0.5, 0.6) is 0 Å². The van der Waals surface area contributed by atoms with Gasteiger partial charge in [-0.1, -0.05) is 20.3 Å². The van der Waals surface area contributed by atoms with Crippen molar-refractivity contribution in [1.82, 2.24) is 10.2 Å².